The molecule has 3 aromatic rings. The zero-order valence-electron chi connectivity index (χ0n) is 22.1. The van der Waals surface area contributed by atoms with Crippen LogP contribution in [0, 0.1) is 0 Å². The second-order valence-electron chi connectivity index (χ2n) is 10.0. The number of aliphatic hydroxyl groups is 6. The monoisotopic (exact) mass is 576 g/mol. The first kappa shape index (κ1) is 29.4. The minimum absolute atomic E-state index is 0.141. The number of ether oxygens (including phenoxy) is 5. The van der Waals surface area contributed by atoms with Crippen molar-refractivity contribution in [2.24, 2.45) is 0 Å². The van der Waals surface area contributed by atoms with Crippen LogP contribution in [0.5, 0.6) is 11.5 Å². The summed E-state index contributed by atoms with van der Waals surface area (Å²) in [4.78, 5) is 13.1. The van der Waals surface area contributed by atoms with Gasteiger partial charge in [-0.15, -0.1) is 0 Å². The fourth-order valence-electron chi connectivity index (χ4n) is 4.78. The Kier molecular flexibility index (Phi) is 8.61. The molecule has 13 heteroatoms. The highest BCUT2D eigenvalue weighted by Gasteiger charge is 2.47. The molecule has 3 heterocycles. The maximum atomic E-state index is 13.1. The summed E-state index contributed by atoms with van der Waals surface area (Å²) in [7, 11) is 1.55. The molecule has 0 bridgehead atoms. The Labute approximate surface area is 233 Å². The van der Waals surface area contributed by atoms with Crippen LogP contribution in [0.25, 0.3) is 22.1 Å². The molecule has 6 N–H and O–H groups in total. The number of rotatable bonds is 7. The maximum Gasteiger partial charge on any atom is 0.229 e. The minimum atomic E-state index is -1.68. The van der Waals surface area contributed by atoms with E-state index in [1.54, 1.807) is 31.4 Å². The summed E-state index contributed by atoms with van der Waals surface area (Å²) in [6.07, 6.45) is -12.9. The molecule has 222 valence electrons. The van der Waals surface area contributed by atoms with Crippen LogP contribution >= 0.6 is 0 Å². The van der Waals surface area contributed by atoms with Gasteiger partial charge in [-0.3, -0.25) is 4.79 Å². The third-order valence-electron chi connectivity index (χ3n) is 7.30. The second kappa shape index (κ2) is 12.0. The standard InChI is InChI=1S/C28H32O13/c1-12-20(29)23(32)25(34)27(39-12)38-11-19-22(31)24(33)26(35)28(41-19)40-15-7-8-16-18(9-15)37-10-17(21(16)30)13-3-5-14(36-2)6-4-13/h3-10,12,19-20,22-29,31-35H,11H2,1-2H3/t12?,19?,20-,22+,23?,24-,25-,26?,27+,28+/m0/s1. The average molecular weight is 577 g/mol. The molecular formula is C28H32O13. The molecule has 2 fully saturated rings. The Bertz CT molecular complexity index is 1390. The smallest absolute Gasteiger partial charge is 0.229 e. The molecule has 0 radical (unpaired) electrons. The van der Waals surface area contributed by atoms with Crippen molar-refractivity contribution in [2.75, 3.05) is 13.7 Å². The van der Waals surface area contributed by atoms with Gasteiger partial charge < -0.3 is 58.7 Å². The molecule has 1 aromatic heterocycles. The van der Waals surface area contributed by atoms with Crippen molar-refractivity contribution >= 4 is 11.0 Å². The molecule has 4 unspecified atom stereocenters. The number of hydrogen-bond donors (Lipinski definition) is 6. The fraction of sp³-hybridized carbons (Fsp3) is 0.464. The maximum absolute atomic E-state index is 13.1. The summed E-state index contributed by atoms with van der Waals surface area (Å²) in [5, 5.41) is 61.6. The van der Waals surface area contributed by atoms with E-state index in [4.69, 9.17) is 28.1 Å². The van der Waals surface area contributed by atoms with E-state index in [9.17, 15) is 35.4 Å². The Morgan fingerprint density at radius 1 is 0.780 bits per heavy atom. The van der Waals surface area contributed by atoms with Gasteiger partial charge in [-0.05, 0) is 36.8 Å². The largest absolute Gasteiger partial charge is 0.497 e. The zero-order valence-corrected chi connectivity index (χ0v) is 22.1. The highest BCUT2D eigenvalue weighted by Crippen LogP contribution is 2.29. The van der Waals surface area contributed by atoms with Gasteiger partial charge in [-0.2, -0.15) is 0 Å². The van der Waals surface area contributed by atoms with Gasteiger partial charge in [0.2, 0.25) is 6.29 Å². The van der Waals surface area contributed by atoms with Crippen molar-refractivity contribution in [3.8, 4) is 22.6 Å². The van der Waals surface area contributed by atoms with E-state index >= 15 is 0 Å². The lowest BCUT2D eigenvalue weighted by molar-refractivity contribution is -0.318. The van der Waals surface area contributed by atoms with Gasteiger partial charge in [-0.25, -0.2) is 0 Å². The van der Waals surface area contributed by atoms with Crippen LogP contribution in [-0.4, -0.2) is 106 Å². The highest BCUT2D eigenvalue weighted by molar-refractivity contribution is 5.82. The molecule has 10 atom stereocenters. The van der Waals surface area contributed by atoms with E-state index in [1.807, 2.05) is 0 Å². The van der Waals surface area contributed by atoms with E-state index in [2.05, 4.69) is 0 Å². The molecule has 2 aliphatic heterocycles. The van der Waals surface area contributed by atoms with Crippen molar-refractivity contribution in [3.63, 3.8) is 0 Å². The first-order chi connectivity index (χ1) is 19.6. The first-order valence-corrected chi connectivity index (χ1v) is 13.0. The summed E-state index contributed by atoms with van der Waals surface area (Å²) >= 11 is 0. The third-order valence-corrected chi connectivity index (χ3v) is 7.30. The van der Waals surface area contributed by atoms with Gasteiger partial charge in [0.05, 0.1) is 30.8 Å². The number of aliphatic hydroxyl groups excluding tert-OH is 6. The quantitative estimate of drug-likeness (QED) is 0.211. The topological polar surface area (TPSA) is 198 Å². The Hall–Kier alpha value is -3.11. The third kappa shape index (κ3) is 5.81. The van der Waals surface area contributed by atoms with Crippen molar-refractivity contribution in [2.45, 2.75) is 68.3 Å². The van der Waals surface area contributed by atoms with Gasteiger partial charge in [0.15, 0.2) is 11.7 Å². The van der Waals surface area contributed by atoms with Crippen LogP contribution in [0.1, 0.15) is 6.92 Å². The molecule has 5 rings (SSSR count). The predicted molar refractivity (Wildman–Crippen MR) is 140 cm³/mol. The molecular weight excluding hydrogens is 544 g/mol. The number of hydrogen-bond acceptors (Lipinski definition) is 13. The summed E-state index contributed by atoms with van der Waals surface area (Å²) in [6.45, 7) is 1.06. The Balaban J connectivity index is 1.29. The molecule has 2 aliphatic rings. The number of benzene rings is 2. The molecule has 2 aromatic carbocycles. The van der Waals surface area contributed by atoms with Gasteiger partial charge in [0, 0.05) is 6.07 Å². The summed E-state index contributed by atoms with van der Waals surface area (Å²) < 4.78 is 33.1. The first-order valence-electron chi connectivity index (χ1n) is 13.0. The van der Waals surface area contributed by atoms with Crippen LogP contribution in [0.4, 0.5) is 0 Å². The van der Waals surface area contributed by atoms with Crippen LogP contribution in [0.15, 0.2) is 57.9 Å². The van der Waals surface area contributed by atoms with Crippen LogP contribution in [0.2, 0.25) is 0 Å². The molecule has 0 spiro atoms. The molecule has 0 saturated carbocycles. The molecule has 41 heavy (non-hydrogen) atoms. The lowest BCUT2D eigenvalue weighted by Crippen LogP contribution is -2.61. The Morgan fingerprint density at radius 3 is 2.15 bits per heavy atom. The zero-order chi connectivity index (χ0) is 29.4. The van der Waals surface area contributed by atoms with Crippen LogP contribution in [0.3, 0.4) is 0 Å². The SMILES string of the molecule is COc1ccc(-c2coc3cc(O[C@@H]4OC(CO[C@@H]5OC(C)[C@H](O)C(O)[C@@H]5O)[C@@H](O)[C@H](O)C4O)ccc3c2=O)cc1. The minimum Gasteiger partial charge on any atom is -0.497 e. The fourth-order valence-corrected chi connectivity index (χ4v) is 4.78. The molecule has 13 nitrogen and oxygen atoms in total. The Morgan fingerprint density at radius 2 is 1.44 bits per heavy atom. The van der Waals surface area contributed by atoms with Gasteiger partial charge in [0.1, 0.15) is 66.1 Å². The van der Waals surface area contributed by atoms with Crippen molar-refractivity contribution in [1.29, 1.82) is 0 Å². The second-order valence-corrected chi connectivity index (χ2v) is 10.0. The van der Waals surface area contributed by atoms with E-state index < -0.39 is 68.0 Å². The summed E-state index contributed by atoms with van der Waals surface area (Å²) in [6, 6.07) is 11.3. The average Bonchev–Trinajstić information content (AvgIpc) is 2.98. The van der Waals surface area contributed by atoms with E-state index in [1.165, 1.54) is 31.4 Å². The number of fused-ring (bicyclic) bond motifs is 1. The molecule has 0 aliphatic carbocycles. The van der Waals surface area contributed by atoms with Crippen LogP contribution < -0.4 is 14.9 Å². The normalized spacial score (nSPS) is 34.0. The van der Waals surface area contributed by atoms with Gasteiger partial charge in [-0.1, -0.05) is 12.1 Å². The van der Waals surface area contributed by atoms with E-state index in [-0.39, 0.29) is 22.1 Å². The number of methoxy groups -OCH3 is 1. The van der Waals surface area contributed by atoms with Crippen molar-refractivity contribution < 1.29 is 58.7 Å². The predicted octanol–water partition coefficient (Wildman–Crippen LogP) is -0.501. The highest BCUT2D eigenvalue weighted by atomic mass is 16.7. The van der Waals surface area contributed by atoms with Gasteiger partial charge >= 0.3 is 0 Å². The van der Waals surface area contributed by atoms with E-state index in [0.29, 0.717) is 16.9 Å². The molecule has 0 amide bonds. The van der Waals surface area contributed by atoms with E-state index in [0.717, 1.165) is 0 Å². The van der Waals surface area contributed by atoms with Crippen LogP contribution in [-0.2, 0) is 14.2 Å². The summed E-state index contributed by atoms with van der Waals surface area (Å²) in [5.41, 5.74) is 0.927. The molecule has 2 saturated heterocycles. The van der Waals surface area contributed by atoms with Gasteiger partial charge in [0.25, 0.3) is 0 Å². The lowest BCUT2D eigenvalue weighted by atomic mass is 9.98. The summed E-state index contributed by atoms with van der Waals surface area (Å²) in [5.74, 6) is 0.787. The lowest BCUT2D eigenvalue weighted by Gasteiger charge is -2.42. The van der Waals surface area contributed by atoms with Crippen molar-refractivity contribution in [1.82, 2.24) is 0 Å². The van der Waals surface area contributed by atoms with Crippen molar-refractivity contribution in [3.05, 3.63) is 59.0 Å².